The van der Waals surface area contributed by atoms with Crippen LogP contribution in [0.4, 0.5) is 0 Å². The molecule has 1 fully saturated rings. The molecule has 2 unspecified atom stereocenters. The normalized spacial score (nSPS) is 21.6. The van der Waals surface area contributed by atoms with Crippen LogP contribution < -0.4 is 5.32 Å². The molecule has 0 bridgehead atoms. The van der Waals surface area contributed by atoms with Crippen LogP contribution in [0.3, 0.4) is 0 Å². The molecule has 0 saturated carbocycles. The minimum absolute atomic E-state index is 0.136. The molecule has 4 aromatic rings. The molecule has 1 saturated heterocycles. The number of halogens is 3. The van der Waals surface area contributed by atoms with Crippen LogP contribution in [0.1, 0.15) is 11.1 Å². The summed E-state index contributed by atoms with van der Waals surface area (Å²) < 4.78 is 2.55. The molecule has 2 atom stereocenters. The summed E-state index contributed by atoms with van der Waals surface area (Å²) in [4.78, 5) is 2.33. The van der Waals surface area contributed by atoms with Crippen LogP contribution in [0.5, 0.6) is 0 Å². The van der Waals surface area contributed by atoms with Crippen molar-refractivity contribution in [3.8, 4) is 6.07 Å². The van der Waals surface area contributed by atoms with Crippen LogP contribution in [-0.2, 0) is 11.8 Å². The van der Waals surface area contributed by atoms with Crippen LogP contribution in [0.2, 0.25) is 10.0 Å². The Morgan fingerprint density at radius 2 is 1.59 bits per heavy atom. The molecule has 6 rings (SSSR count). The highest BCUT2D eigenvalue weighted by Crippen LogP contribution is 2.37. The average molecular weight is 631 g/mol. The molecule has 1 N–H and O–H groups in total. The number of hydrogen-bond donors (Lipinski definition) is 1. The second kappa shape index (κ2) is 12.0. The van der Waals surface area contributed by atoms with Gasteiger partial charge in [0.1, 0.15) is 5.54 Å². The zero-order chi connectivity index (χ0) is 25.8. The first kappa shape index (κ1) is 26.9. The van der Waals surface area contributed by atoms with E-state index in [1.165, 1.54) is 31.3 Å². The number of thiophene rings is 2. The van der Waals surface area contributed by atoms with E-state index in [0.717, 1.165) is 48.0 Å². The van der Waals surface area contributed by atoms with Crippen molar-refractivity contribution in [3.05, 3.63) is 92.6 Å². The fourth-order valence-electron chi connectivity index (χ4n) is 5.07. The minimum atomic E-state index is -0.566. The average Bonchev–Trinajstić information content (AvgIpc) is 3.53. The third-order valence-electron chi connectivity index (χ3n) is 7.00. The summed E-state index contributed by atoms with van der Waals surface area (Å²) in [5, 5.41) is 22.8. The third kappa shape index (κ3) is 5.69. The number of hydrogen-bond acceptors (Lipinski definition) is 5. The summed E-state index contributed by atoms with van der Waals surface area (Å²) in [5.41, 5.74) is 2.03. The van der Waals surface area contributed by atoms with Gasteiger partial charge >= 0.3 is 0 Å². The number of nitriles is 1. The first-order chi connectivity index (χ1) is 18.0. The maximum Gasteiger partial charge on any atom is 0.134 e. The second-order valence-corrected chi connectivity index (χ2v) is 12.4. The molecular weight excluding hydrogens is 605 g/mol. The van der Waals surface area contributed by atoms with Crippen molar-refractivity contribution in [2.75, 3.05) is 26.2 Å². The lowest BCUT2D eigenvalue weighted by molar-refractivity contribution is 0.119. The lowest BCUT2D eigenvalue weighted by atomic mass is 9.76. The van der Waals surface area contributed by atoms with E-state index in [1.807, 2.05) is 30.3 Å². The maximum atomic E-state index is 10.1. The lowest BCUT2D eigenvalue weighted by Crippen LogP contribution is -2.58. The van der Waals surface area contributed by atoms with Crippen molar-refractivity contribution in [1.29, 1.82) is 5.26 Å². The van der Waals surface area contributed by atoms with E-state index in [2.05, 4.69) is 73.3 Å². The first-order valence-electron chi connectivity index (χ1n) is 12.1. The molecule has 1 aliphatic heterocycles. The molecular formula is C29H26BrCl2N3S2. The summed E-state index contributed by atoms with van der Waals surface area (Å²) >= 11 is 19.1. The van der Waals surface area contributed by atoms with Gasteiger partial charge in [-0.25, -0.2) is 0 Å². The predicted octanol–water partition coefficient (Wildman–Crippen LogP) is 8.46. The Morgan fingerprint density at radius 3 is 2.22 bits per heavy atom. The SMILES string of the molecule is Clc1ccc2scc(CBr)c2c1.N#CC1(N2CCNCC2)C=CC=CC1Cc1csc2ccc(Cl)cc12. The quantitative estimate of drug-likeness (QED) is 0.230. The first-order valence-corrected chi connectivity index (χ1v) is 15.8. The fraction of sp³-hybridized carbons (Fsp3) is 0.276. The largest absolute Gasteiger partial charge is 0.314 e. The van der Waals surface area contributed by atoms with Gasteiger partial charge in [0.05, 0.1) is 6.07 Å². The van der Waals surface area contributed by atoms with Gasteiger partial charge < -0.3 is 5.32 Å². The van der Waals surface area contributed by atoms with Crippen molar-refractivity contribution in [2.45, 2.75) is 17.3 Å². The van der Waals surface area contributed by atoms with E-state index in [0.29, 0.717) is 0 Å². The van der Waals surface area contributed by atoms with Gasteiger partial charge in [-0.05, 0) is 81.6 Å². The Hall–Kier alpha value is -1.69. The number of allylic oxidation sites excluding steroid dienone is 2. The van der Waals surface area contributed by atoms with Gasteiger partial charge in [-0.2, -0.15) is 5.26 Å². The minimum Gasteiger partial charge on any atom is -0.314 e. The molecule has 2 aromatic heterocycles. The summed E-state index contributed by atoms with van der Waals surface area (Å²) in [6, 6.07) is 14.7. The molecule has 3 heterocycles. The van der Waals surface area contributed by atoms with Gasteiger partial charge in [-0.3, -0.25) is 4.90 Å². The van der Waals surface area contributed by atoms with Gasteiger partial charge in [0.2, 0.25) is 0 Å². The molecule has 0 radical (unpaired) electrons. The summed E-state index contributed by atoms with van der Waals surface area (Å²) in [6.07, 6.45) is 9.22. The summed E-state index contributed by atoms with van der Waals surface area (Å²) in [6.45, 7) is 3.67. The number of fused-ring (bicyclic) bond motifs is 2. The van der Waals surface area contributed by atoms with Crippen molar-refractivity contribution in [3.63, 3.8) is 0 Å². The monoisotopic (exact) mass is 629 g/mol. The number of piperazine rings is 1. The highest BCUT2D eigenvalue weighted by atomic mass is 79.9. The zero-order valence-electron chi connectivity index (χ0n) is 20.1. The van der Waals surface area contributed by atoms with Crippen molar-refractivity contribution >= 4 is 82.0 Å². The third-order valence-corrected chi connectivity index (χ3v) is 10.1. The fourth-order valence-corrected chi connectivity index (χ4v) is 7.99. The molecule has 1 aliphatic carbocycles. The lowest BCUT2D eigenvalue weighted by Gasteiger charge is -2.44. The van der Waals surface area contributed by atoms with Gasteiger partial charge in [-0.15, -0.1) is 22.7 Å². The van der Waals surface area contributed by atoms with Gasteiger partial charge in [0.25, 0.3) is 0 Å². The van der Waals surface area contributed by atoms with E-state index >= 15 is 0 Å². The Morgan fingerprint density at radius 1 is 0.973 bits per heavy atom. The predicted molar refractivity (Wildman–Crippen MR) is 165 cm³/mol. The smallest absolute Gasteiger partial charge is 0.134 e. The van der Waals surface area contributed by atoms with Crippen LogP contribution in [0.25, 0.3) is 20.2 Å². The van der Waals surface area contributed by atoms with E-state index in [4.69, 9.17) is 23.2 Å². The molecule has 0 amide bonds. The Bertz CT molecular complexity index is 1500. The molecule has 2 aliphatic rings. The zero-order valence-corrected chi connectivity index (χ0v) is 24.8. The summed E-state index contributed by atoms with van der Waals surface area (Å²) in [7, 11) is 0. The summed E-state index contributed by atoms with van der Waals surface area (Å²) in [5.74, 6) is 0.136. The second-order valence-electron chi connectivity index (χ2n) is 9.17. The topological polar surface area (TPSA) is 39.1 Å². The molecule has 37 heavy (non-hydrogen) atoms. The van der Waals surface area contributed by atoms with Crippen LogP contribution >= 0.6 is 61.8 Å². The Kier molecular flexibility index (Phi) is 8.73. The van der Waals surface area contributed by atoms with Gasteiger partial charge in [0.15, 0.2) is 0 Å². The van der Waals surface area contributed by atoms with Crippen molar-refractivity contribution < 1.29 is 0 Å². The number of rotatable bonds is 4. The molecule has 2 aromatic carbocycles. The highest BCUT2D eigenvalue weighted by molar-refractivity contribution is 9.08. The number of nitrogens with one attached hydrogen (secondary N) is 1. The van der Waals surface area contributed by atoms with E-state index in [1.54, 1.807) is 22.7 Å². The van der Waals surface area contributed by atoms with Crippen molar-refractivity contribution in [1.82, 2.24) is 10.2 Å². The Labute approximate surface area is 244 Å². The van der Waals surface area contributed by atoms with Gasteiger partial charge in [-0.1, -0.05) is 57.4 Å². The number of benzene rings is 2. The highest BCUT2D eigenvalue weighted by Gasteiger charge is 2.42. The molecule has 3 nitrogen and oxygen atoms in total. The molecule has 190 valence electrons. The molecule has 8 heteroatoms. The van der Waals surface area contributed by atoms with Crippen LogP contribution in [-0.4, -0.2) is 36.6 Å². The van der Waals surface area contributed by atoms with Gasteiger partial charge in [0, 0.05) is 56.9 Å². The standard InChI is InChI=1S/C20H20ClN3S.C9H6BrClS/c21-17-4-5-19-18(12-17)15(13-25-19)11-16-3-1-2-6-20(16,14-22)24-9-7-23-8-10-24;10-4-6-5-12-9-2-1-7(11)3-8(6)9/h1-6,12-13,16,23H,7-11H2;1-3,5H,4H2. The van der Waals surface area contributed by atoms with Crippen LogP contribution in [0, 0.1) is 17.2 Å². The van der Waals surface area contributed by atoms with E-state index in [-0.39, 0.29) is 5.92 Å². The maximum absolute atomic E-state index is 10.1. The Balaban J connectivity index is 0.000000195. The molecule has 0 spiro atoms. The van der Waals surface area contributed by atoms with Crippen LogP contribution in [0.15, 0.2) is 71.5 Å². The van der Waals surface area contributed by atoms with E-state index < -0.39 is 5.54 Å². The van der Waals surface area contributed by atoms with E-state index in [9.17, 15) is 5.26 Å². The number of alkyl halides is 1. The van der Waals surface area contributed by atoms with Crippen molar-refractivity contribution in [2.24, 2.45) is 5.92 Å². The number of nitrogens with zero attached hydrogens (tertiary/aromatic N) is 2.